The van der Waals surface area contributed by atoms with Gasteiger partial charge in [0.05, 0.1) is 0 Å². The molecule has 2 rings (SSSR count). The van der Waals surface area contributed by atoms with Gasteiger partial charge in [-0.15, -0.1) is 0 Å². The summed E-state index contributed by atoms with van der Waals surface area (Å²) < 4.78 is 53.7. The highest BCUT2D eigenvalue weighted by Gasteiger charge is 2.20. The van der Waals surface area contributed by atoms with E-state index in [2.05, 4.69) is 20.7 Å². The number of hydrogen-bond donors (Lipinski definition) is 1. The maximum atomic E-state index is 13.5. The van der Waals surface area contributed by atoms with Crippen molar-refractivity contribution in [1.82, 2.24) is 0 Å². The van der Waals surface area contributed by atoms with Crippen molar-refractivity contribution < 1.29 is 17.2 Å². The largest absolute Gasteiger partial charge is 0.280 e. The van der Waals surface area contributed by atoms with Crippen molar-refractivity contribution in [2.24, 2.45) is 0 Å². The average Bonchev–Trinajstić information content (AvgIpc) is 2.36. The minimum absolute atomic E-state index is 0.273. The van der Waals surface area contributed by atoms with Crippen molar-refractivity contribution in [2.45, 2.75) is 11.8 Å². The van der Waals surface area contributed by atoms with Crippen LogP contribution < -0.4 is 4.72 Å². The molecule has 0 aliphatic rings. The van der Waals surface area contributed by atoms with Crippen LogP contribution in [-0.2, 0) is 10.0 Å². The summed E-state index contributed by atoms with van der Waals surface area (Å²) >= 11 is 3.29. The summed E-state index contributed by atoms with van der Waals surface area (Å²) in [7, 11) is -4.18. The summed E-state index contributed by atoms with van der Waals surface area (Å²) in [4.78, 5) is -0.724. The molecule has 0 spiro atoms. The molecule has 0 saturated heterocycles. The summed E-state index contributed by atoms with van der Waals surface area (Å²) in [5, 5.41) is 0. The molecule has 0 amide bonds. The Morgan fingerprint density at radius 2 is 1.80 bits per heavy atom. The molecule has 0 saturated carbocycles. The molecule has 0 fully saturated rings. The van der Waals surface area contributed by atoms with E-state index in [0.717, 1.165) is 22.2 Å². The van der Waals surface area contributed by atoms with Crippen molar-refractivity contribution in [3.63, 3.8) is 0 Å². The number of aryl methyl sites for hydroxylation is 1. The van der Waals surface area contributed by atoms with Crippen LogP contribution in [0.2, 0.25) is 0 Å². The monoisotopic (exact) mass is 361 g/mol. The fourth-order valence-electron chi connectivity index (χ4n) is 1.60. The number of anilines is 1. The summed E-state index contributed by atoms with van der Waals surface area (Å²) in [6.07, 6.45) is 0. The van der Waals surface area contributed by atoms with Crippen LogP contribution in [0.1, 0.15) is 5.56 Å². The summed E-state index contributed by atoms with van der Waals surface area (Å²) in [5.74, 6) is -1.83. The highest BCUT2D eigenvalue weighted by molar-refractivity contribution is 9.10. The van der Waals surface area contributed by atoms with Gasteiger partial charge in [0.2, 0.25) is 0 Å². The average molecular weight is 362 g/mol. The zero-order valence-electron chi connectivity index (χ0n) is 10.3. The zero-order chi connectivity index (χ0) is 14.9. The highest BCUT2D eigenvalue weighted by atomic mass is 79.9. The molecule has 0 heterocycles. The maximum absolute atomic E-state index is 13.5. The first kappa shape index (κ1) is 14.9. The summed E-state index contributed by atoms with van der Waals surface area (Å²) in [5.41, 5.74) is 1.08. The quantitative estimate of drug-likeness (QED) is 0.902. The van der Waals surface area contributed by atoms with Gasteiger partial charge < -0.3 is 0 Å². The SMILES string of the molecule is Cc1cc(NS(=O)(=O)c2cc(F)ccc2F)ccc1Br. The summed E-state index contributed by atoms with van der Waals surface area (Å²) in [6.45, 7) is 1.78. The first-order valence-electron chi connectivity index (χ1n) is 5.53. The van der Waals surface area contributed by atoms with Crippen molar-refractivity contribution in [1.29, 1.82) is 0 Å². The van der Waals surface area contributed by atoms with Crippen LogP contribution in [-0.4, -0.2) is 8.42 Å². The van der Waals surface area contributed by atoms with E-state index in [1.807, 2.05) is 0 Å². The van der Waals surface area contributed by atoms with Crippen LogP contribution in [0.3, 0.4) is 0 Å². The van der Waals surface area contributed by atoms with Crippen molar-refractivity contribution >= 4 is 31.6 Å². The Balaban J connectivity index is 2.40. The van der Waals surface area contributed by atoms with E-state index in [0.29, 0.717) is 6.07 Å². The third-order valence-corrected chi connectivity index (χ3v) is 4.88. The Labute approximate surface area is 123 Å². The normalized spacial score (nSPS) is 11.4. The van der Waals surface area contributed by atoms with Gasteiger partial charge >= 0.3 is 0 Å². The lowest BCUT2D eigenvalue weighted by Crippen LogP contribution is -2.15. The van der Waals surface area contributed by atoms with Gasteiger partial charge in [0.25, 0.3) is 10.0 Å². The molecule has 0 aliphatic carbocycles. The number of sulfonamides is 1. The lowest BCUT2D eigenvalue weighted by atomic mass is 10.2. The molecular formula is C13H10BrF2NO2S. The van der Waals surface area contributed by atoms with E-state index >= 15 is 0 Å². The maximum Gasteiger partial charge on any atom is 0.264 e. The van der Waals surface area contributed by atoms with E-state index < -0.39 is 26.6 Å². The number of rotatable bonds is 3. The fraction of sp³-hybridized carbons (Fsp3) is 0.0769. The number of nitrogens with one attached hydrogen (secondary N) is 1. The molecule has 0 aliphatic heterocycles. The molecule has 7 heteroatoms. The Kier molecular flexibility index (Phi) is 4.10. The predicted octanol–water partition coefficient (Wildman–Crippen LogP) is 3.84. The molecule has 3 nitrogen and oxygen atoms in total. The molecule has 0 unspecified atom stereocenters. The van der Waals surface area contributed by atoms with Crippen LogP contribution in [0.4, 0.5) is 14.5 Å². The van der Waals surface area contributed by atoms with Crippen LogP contribution in [0, 0.1) is 18.6 Å². The highest BCUT2D eigenvalue weighted by Crippen LogP contribution is 2.23. The summed E-state index contributed by atoms with van der Waals surface area (Å²) in [6, 6.07) is 7.04. The van der Waals surface area contributed by atoms with Gasteiger partial charge in [-0.05, 0) is 48.9 Å². The molecule has 0 radical (unpaired) electrons. The van der Waals surface area contributed by atoms with Crippen molar-refractivity contribution in [2.75, 3.05) is 4.72 Å². The van der Waals surface area contributed by atoms with Gasteiger partial charge in [-0.1, -0.05) is 15.9 Å². The van der Waals surface area contributed by atoms with E-state index in [4.69, 9.17) is 0 Å². The topological polar surface area (TPSA) is 46.2 Å². The molecule has 2 aromatic carbocycles. The second kappa shape index (κ2) is 5.49. The minimum atomic E-state index is -4.18. The predicted molar refractivity (Wildman–Crippen MR) is 76.0 cm³/mol. The standard InChI is InChI=1S/C13H10BrF2NO2S/c1-8-6-10(3-4-11(8)14)17-20(18,19)13-7-9(15)2-5-12(13)16/h2-7,17H,1H3. The first-order chi connectivity index (χ1) is 9.29. The lowest BCUT2D eigenvalue weighted by Gasteiger charge is -2.10. The lowest BCUT2D eigenvalue weighted by molar-refractivity contribution is 0.555. The molecule has 106 valence electrons. The van der Waals surface area contributed by atoms with Crippen LogP contribution >= 0.6 is 15.9 Å². The fourth-order valence-corrected chi connectivity index (χ4v) is 2.99. The van der Waals surface area contributed by atoms with Crippen LogP contribution in [0.15, 0.2) is 45.8 Å². The Morgan fingerprint density at radius 3 is 2.45 bits per heavy atom. The van der Waals surface area contributed by atoms with E-state index in [1.165, 1.54) is 6.07 Å². The zero-order valence-corrected chi connectivity index (χ0v) is 12.7. The molecule has 1 N–H and O–H groups in total. The van der Waals surface area contributed by atoms with Gasteiger partial charge in [-0.3, -0.25) is 4.72 Å². The molecule has 2 aromatic rings. The molecular weight excluding hydrogens is 352 g/mol. The minimum Gasteiger partial charge on any atom is -0.280 e. The molecule has 0 atom stereocenters. The second-order valence-electron chi connectivity index (χ2n) is 4.14. The second-order valence-corrected chi connectivity index (χ2v) is 6.65. The van der Waals surface area contributed by atoms with Gasteiger partial charge in [0.15, 0.2) is 0 Å². The van der Waals surface area contributed by atoms with Gasteiger partial charge in [-0.25, -0.2) is 17.2 Å². The number of hydrogen-bond acceptors (Lipinski definition) is 2. The van der Waals surface area contributed by atoms with Crippen molar-refractivity contribution in [3.8, 4) is 0 Å². The molecule has 20 heavy (non-hydrogen) atoms. The smallest absolute Gasteiger partial charge is 0.264 e. The Morgan fingerprint density at radius 1 is 1.10 bits per heavy atom. The van der Waals surface area contributed by atoms with Gasteiger partial charge in [0.1, 0.15) is 16.5 Å². The van der Waals surface area contributed by atoms with E-state index in [9.17, 15) is 17.2 Å². The van der Waals surface area contributed by atoms with Gasteiger partial charge in [0, 0.05) is 10.2 Å². The molecule has 0 bridgehead atoms. The van der Waals surface area contributed by atoms with E-state index in [1.54, 1.807) is 19.1 Å². The number of halogens is 3. The molecule has 0 aromatic heterocycles. The Hall–Kier alpha value is -1.47. The number of benzene rings is 2. The van der Waals surface area contributed by atoms with Crippen LogP contribution in [0.5, 0.6) is 0 Å². The first-order valence-corrected chi connectivity index (χ1v) is 7.81. The van der Waals surface area contributed by atoms with Crippen LogP contribution in [0.25, 0.3) is 0 Å². The van der Waals surface area contributed by atoms with Gasteiger partial charge in [-0.2, -0.15) is 0 Å². The van der Waals surface area contributed by atoms with E-state index in [-0.39, 0.29) is 5.69 Å². The van der Waals surface area contributed by atoms with Crippen molar-refractivity contribution in [3.05, 3.63) is 58.1 Å². The third-order valence-electron chi connectivity index (χ3n) is 2.59. The Bertz CT molecular complexity index is 763. The third kappa shape index (κ3) is 3.16.